The summed E-state index contributed by atoms with van der Waals surface area (Å²) >= 11 is 5.83. The van der Waals surface area contributed by atoms with E-state index in [9.17, 15) is 4.79 Å². The van der Waals surface area contributed by atoms with Crippen LogP contribution in [-0.4, -0.2) is 25.1 Å². The van der Waals surface area contributed by atoms with Gasteiger partial charge in [-0.2, -0.15) is 0 Å². The number of hydrogen-bond acceptors (Lipinski definition) is 3. The number of benzene rings is 1. The molecule has 2 fully saturated rings. The van der Waals surface area contributed by atoms with Gasteiger partial charge in [0.05, 0.1) is 6.54 Å². The smallest absolute Gasteiger partial charge is 0.223 e. The molecule has 0 radical (unpaired) electrons. The van der Waals surface area contributed by atoms with E-state index in [1.165, 1.54) is 19.3 Å². The normalized spacial score (nSPS) is 29.8. The van der Waals surface area contributed by atoms with Gasteiger partial charge >= 0.3 is 0 Å². The van der Waals surface area contributed by atoms with Crippen molar-refractivity contribution in [2.45, 2.75) is 38.1 Å². The summed E-state index contributed by atoms with van der Waals surface area (Å²) < 4.78 is 5.60. The molecule has 2 aliphatic carbocycles. The SMILES string of the molecule is NC1C2CCCC1CC(C(=O)NCCOc1ccc(Cl)cc1)C2. The number of hydrogen-bond donors (Lipinski definition) is 2. The lowest BCUT2D eigenvalue weighted by Crippen LogP contribution is -2.49. The minimum atomic E-state index is 0.126. The molecule has 0 heterocycles. The van der Waals surface area contributed by atoms with Gasteiger partial charge in [-0.1, -0.05) is 18.0 Å². The molecular weight excluding hydrogens is 312 g/mol. The van der Waals surface area contributed by atoms with Crippen molar-refractivity contribution in [3.8, 4) is 5.75 Å². The first-order valence-corrected chi connectivity index (χ1v) is 8.93. The van der Waals surface area contributed by atoms with Crippen molar-refractivity contribution in [1.29, 1.82) is 0 Å². The zero-order valence-corrected chi connectivity index (χ0v) is 14.1. The van der Waals surface area contributed by atoms with E-state index in [0.29, 0.717) is 36.1 Å². The molecule has 2 aliphatic rings. The Kier molecular flexibility index (Phi) is 5.44. The van der Waals surface area contributed by atoms with Gasteiger partial charge in [0.2, 0.25) is 5.91 Å². The summed E-state index contributed by atoms with van der Waals surface area (Å²) in [6.45, 7) is 0.992. The van der Waals surface area contributed by atoms with E-state index in [-0.39, 0.29) is 11.8 Å². The number of carbonyl (C=O) groups is 1. The van der Waals surface area contributed by atoms with Gasteiger partial charge in [-0.15, -0.1) is 0 Å². The molecule has 2 saturated carbocycles. The highest BCUT2D eigenvalue weighted by Gasteiger charge is 2.40. The molecule has 2 unspecified atom stereocenters. The maximum atomic E-state index is 12.4. The Labute approximate surface area is 142 Å². The van der Waals surface area contributed by atoms with Crippen LogP contribution in [0.2, 0.25) is 5.02 Å². The standard InChI is InChI=1S/C18H25ClN2O2/c19-15-4-6-16(7-5-15)23-9-8-21-18(22)14-10-12-2-1-3-13(11-14)17(12)20/h4-7,12-14,17H,1-3,8-11,20H2,(H,21,22). The van der Waals surface area contributed by atoms with Crippen LogP contribution >= 0.6 is 11.6 Å². The lowest BCUT2D eigenvalue weighted by Gasteiger charge is -2.43. The molecule has 0 aromatic heterocycles. The monoisotopic (exact) mass is 336 g/mol. The fraction of sp³-hybridized carbons (Fsp3) is 0.611. The van der Waals surface area contributed by atoms with E-state index in [1.807, 2.05) is 12.1 Å². The summed E-state index contributed by atoms with van der Waals surface area (Å²) in [5.41, 5.74) is 6.28. The lowest BCUT2D eigenvalue weighted by atomic mass is 9.65. The average molecular weight is 337 g/mol. The molecule has 2 bridgehead atoms. The van der Waals surface area contributed by atoms with Crippen LogP contribution in [0.25, 0.3) is 0 Å². The zero-order valence-electron chi connectivity index (χ0n) is 13.3. The number of carbonyl (C=O) groups excluding carboxylic acids is 1. The molecule has 3 rings (SSSR count). The highest BCUT2D eigenvalue weighted by atomic mass is 35.5. The second-order valence-electron chi connectivity index (χ2n) is 6.79. The Morgan fingerprint density at radius 2 is 1.87 bits per heavy atom. The van der Waals surface area contributed by atoms with Crippen molar-refractivity contribution in [2.75, 3.05) is 13.2 Å². The Bertz CT molecular complexity index is 520. The fourth-order valence-electron chi connectivity index (χ4n) is 4.02. The van der Waals surface area contributed by atoms with E-state index in [2.05, 4.69) is 5.32 Å². The van der Waals surface area contributed by atoms with Crippen LogP contribution in [0.5, 0.6) is 5.75 Å². The molecular formula is C18H25ClN2O2. The molecule has 1 aromatic carbocycles. The van der Waals surface area contributed by atoms with Gasteiger partial charge in [0.15, 0.2) is 0 Å². The van der Waals surface area contributed by atoms with Gasteiger partial charge in [-0.25, -0.2) is 0 Å². The Balaban J connectivity index is 1.40. The molecule has 1 amide bonds. The van der Waals surface area contributed by atoms with Gasteiger partial charge in [0, 0.05) is 17.0 Å². The molecule has 0 spiro atoms. The topological polar surface area (TPSA) is 64.4 Å². The summed E-state index contributed by atoms with van der Waals surface area (Å²) in [7, 11) is 0. The minimum Gasteiger partial charge on any atom is -0.492 e. The predicted molar refractivity (Wildman–Crippen MR) is 91.5 cm³/mol. The third-order valence-electron chi connectivity index (χ3n) is 5.27. The molecule has 2 atom stereocenters. The van der Waals surface area contributed by atoms with Gasteiger partial charge in [-0.05, 0) is 61.8 Å². The molecule has 23 heavy (non-hydrogen) atoms. The summed E-state index contributed by atoms with van der Waals surface area (Å²) in [5, 5.41) is 3.69. The van der Waals surface area contributed by atoms with E-state index in [0.717, 1.165) is 18.6 Å². The fourth-order valence-corrected chi connectivity index (χ4v) is 4.15. The van der Waals surface area contributed by atoms with Crippen LogP contribution in [0, 0.1) is 17.8 Å². The van der Waals surface area contributed by atoms with Crippen LogP contribution in [0.3, 0.4) is 0 Å². The number of ether oxygens (including phenoxy) is 1. The zero-order chi connectivity index (χ0) is 16.2. The van der Waals surface area contributed by atoms with Gasteiger partial charge in [0.25, 0.3) is 0 Å². The van der Waals surface area contributed by atoms with Crippen molar-refractivity contribution < 1.29 is 9.53 Å². The van der Waals surface area contributed by atoms with Crippen molar-refractivity contribution in [2.24, 2.45) is 23.5 Å². The third-order valence-corrected chi connectivity index (χ3v) is 5.52. The number of amides is 1. The van der Waals surface area contributed by atoms with E-state index in [1.54, 1.807) is 12.1 Å². The van der Waals surface area contributed by atoms with E-state index >= 15 is 0 Å². The molecule has 126 valence electrons. The van der Waals surface area contributed by atoms with E-state index < -0.39 is 0 Å². The van der Waals surface area contributed by atoms with Crippen molar-refractivity contribution in [1.82, 2.24) is 5.32 Å². The Morgan fingerprint density at radius 3 is 2.52 bits per heavy atom. The van der Waals surface area contributed by atoms with Crippen LogP contribution in [0.1, 0.15) is 32.1 Å². The quantitative estimate of drug-likeness (QED) is 0.812. The lowest BCUT2D eigenvalue weighted by molar-refractivity contribution is -0.128. The van der Waals surface area contributed by atoms with Crippen molar-refractivity contribution in [3.63, 3.8) is 0 Å². The van der Waals surface area contributed by atoms with E-state index in [4.69, 9.17) is 22.1 Å². The minimum absolute atomic E-state index is 0.126. The largest absolute Gasteiger partial charge is 0.492 e. The first kappa shape index (κ1) is 16.6. The van der Waals surface area contributed by atoms with Crippen LogP contribution < -0.4 is 15.8 Å². The number of halogens is 1. The molecule has 3 N–H and O–H groups in total. The number of nitrogens with one attached hydrogen (secondary N) is 1. The summed E-state index contributed by atoms with van der Waals surface area (Å²) in [5.74, 6) is 2.11. The highest BCUT2D eigenvalue weighted by molar-refractivity contribution is 6.30. The summed E-state index contributed by atoms with van der Waals surface area (Å²) in [4.78, 5) is 12.4. The average Bonchev–Trinajstić information content (AvgIpc) is 2.53. The summed E-state index contributed by atoms with van der Waals surface area (Å²) in [6, 6.07) is 7.54. The molecule has 0 aliphatic heterocycles. The van der Waals surface area contributed by atoms with Crippen LogP contribution in [-0.2, 0) is 4.79 Å². The highest BCUT2D eigenvalue weighted by Crippen LogP contribution is 2.41. The maximum Gasteiger partial charge on any atom is 0.223 e. The summed E-state index contributed by atoms with van der Waals surface area (Å²) in [6.07, 6.45) is 5.53. The van der Waals surface area contributed by atoms with Gasteiger partial charge in [-0.3, -0.25) is 4.79 Å². The van der Waals surface area contributed by atoms with Crippen molar-refractivity contribution >= 4 is 17.5 Å². The molecule has 1 aromatic rings. The number of nitrogens with two attached hydrogens (primary N) is 1. The van der Waals surface area contributed by atoms with Crippen LogP contribution in [0.4, 0.5) is 0 Å². The number of fused-ring (bicyclic) bond motifs is 2. The second-order valence-corrected chi connectivity index (χ2v) is 7.23. The first-order chi connectivity index (χ1) is 11.1. The molecule has 5 heteroatoms. The van der Waals surface area contributed by atoms with Gasteiger partial charge < -0.3 is 15.8 Å². The predicted octanol–water partition coefficient (Wildman–Crippen LogP) is 2.99. The first-order valence-electron chi connectivity index (χ1n) is 8.55. The van der Waals surface area contributed by atoms with Crippen molar-refractivity contribution in [3.05, 3.63) is 29.3 Å². The Morgan fingerprint density at radius 1 is 1.22 bits per heavy atom. The number of rotatable bonds is 5. The molecule has 0 saturated heterocycles. The maximum absolute atomic E-state index is 12.4. The second kappa shape index (κ2) is 7.54. The Hall–Kier alpha value is -1.26. The van der Waals surface area contributed by atoms with Gasteiger partial charge in [0.1, 0.15) is 12.4 Å². The molecule has 4 nitrogen and oxygen atoms in total. The third kappa shape index (κ3) is 4.18. The van der Waals surface area contributed by atoms with Crippen LogP contribution in [0.15, 0.2) is 24.3 Å².